The molecule has 4 saturated heterocycles. The van der Waals surface area contributed by atoms with Gasteiger partial charge >= 0.3 is 11.9 Å². The second-order valence-corrected chi connectivity index (χ2v) is 14.5. The molecule has 48 heavy (non-hydrogen) atoms. The zero-order valence-electron chi connectivity index (χ0n) is 27.4. The molecule has 2 saturated carbocycles. The predicted molar refractivity (Wildman–Crippen MR) is 168 cm³/mol. The molecule has 14 atom stereocenters. The molecule has 7 aliphatic rings. The lowest BCUT2D eigenvalue weighted by atomic mass is 9.53. The minimum Gasteiger partial charge on any atom is -0.455 e. The van der Waals surface area contributed by atoms with Gasteiger partial charge in [0.1, 0.15) is 36.1 Å². The number of fused-ring (bicyclic) bond motifs is 3. The van der Waals surface area contributed by atoms with E-state index in [2.05, 4.69) is 13.5 Å². The number of allylic oxidation sites excluding steroid dienone is 2. The van der Waals surface area contributed by atoms with E-state index in [1.807, 2.05) is 19.1 Å². The highest BCUT2D eigenvalue weighted by Gasteiger charge is 2.90. The van der Waals surface area contributed by atoms with E-state index in [4.69, 9.17) is 28.4 Å². The van der Waals surface area contributed by atoms with Gasteiger partial charge in [-0.3, -0.25) is 4.79 Å². The molecule has 3 bridgehead atoms. The lowest BCUT2D eigenvalue weighted by Gasteiger charge is -2.61. The summed E-state index contributed by atoms with van der Waals surface area (Å²) in [4.78, 5) is 27.5. The lowest BCUT2D eigenvalue weighted by Crippen LogP contribution is -2.76. The highest BCUT2D eigenvalue weighted by Crippen LogP contribution is 2.74. The second-order valence-electron chi connectivity index (χ2n) is 14.5. The van der Waals surface area contributed by atoms with Gasteiger partial charge in [0.05, 0.1) is 18.3 Å². The van der Waals surface area contributed by atoms with Crippen LogP contribution in [0.25, 0.3) is 0 Å². The fourth-order valence-corrected chi connectivity index (χ4v) is 9.62. The van der Waals surface area contributed by atoms with E-state index >= 15 is 0 Å². The molecule has 1 aromatic rings. The van der Waals surface area contributed by atoms with E-state index in [1.54, 1.807) is 56.3 Å². The monoisotopic (exact) mass is 662 g/mol. The first-order chi connectivity index (χ1) is 22.9. The largest absolute Gasteiger partial charge is 0.455 e. The number of carbonyl (C=O) groups is 2. The van der Waals surface area contributed by atoms with Gasteiger partial charge in [0, 0.05) is 29.4 Å². The third-order valence-corrected chi connectivity index (χ3v) is 12.0. The maximum atomic E-state index is 13.9. The molecule has 4 heterocycles. The van der Waals surface area contributed by atoms with Crippen LogP contribution in [-0.2, 0) is 44.0 Å². The first-order valence-electron chi connectivity index (χ1n) is 16.8. The molecule has 1 aromatic carbocycles. The number of carbonyl (C=O) groups excluding carboxylic acids is 2. The van der Waals surface area contributed by atoms with Crippen molar-refractivity contribution in [3.05, 3.63) is 84.0 Å². The van der Waals surface area contributed by atoms with E-state index in [0.29, 0.717) is 11.1 Å². The summed E-state index contributed by atoms with van der Waals surface area (Å²) >= 11 is 0. The number of aliphatic hydroxyl groups excluding tert-OH is 2. The Balaban J connectivity index is 1.26. The summed E-state index contributed by atoms with van der Waals surface area (Å²) in [5.41, 5.74) is -5.93. The highest BCUT2D eigenvalue weighted by molar-refractivity contribution is 6.05. The first kappa shape index (κ1) is 32.2. The van der Waals surface area contributed by atoms with Crippen molar-refractivity contribution in [2.45, 2.75) is 106 Å². The molecule has 4 aliphatic heterocycles. The molecule has 11 nitrogen and oxygen atoms in total. The van der Waals surface area contributed by atoms with Crippen molar-refractivity contribution in [3.8, 4) is 0 Å². The number of benzene rings is 1. The maximum absolute atomic E-state index is 13.9. The van der Waals surface area contributed by atoms with E-state index in [0.717, 1.165) is 12.8 Å². The molecule has 6 fully saturated rings. The third-order valence-electron chi connectivity index (χ3n) is 12.0. The van der Waals surface area contributed by atoms with Crippen LogP contribution in [0.2, 0.25) is 0 Å². The van der Waals surface area contributed by atoms with Crippen LogP contribution < -0.4 is 0 Å². The number of esters is 1. The lowest BCUT2D eigenvalue weighted by molar-refractivity contribution is -0.440. The van der Waals surface area contributed by atoms with Crippen molar-refractivity contribution >= 4 is 11.8 Å². The summed E-state index contributed by atoms with van der Waals surface area (Å²) in [6, 6.07) is 9.01. The zero-order chi connectivity index (χ0) is 34.0. The number of hydrogen-bond donors (Lipinski definition) is 3. The second kappa shape index (κ2) is 10.5. The standard InChI is InChI=1S/C37H42O11/c1-6-12-23-24(43-23)15-10-11-16-26(39)44-29-21(5)36-25-17-20(4)28(40)34(25,42)32(41)33(18-38)30(45-33)27(36)31-35(29,19(2)3)47-37(46-31,48-36)22-13-8-7-9-14-22/h7-11,13-17,21,23-25,27,29-32,38,41-42H,2,6,12,18H2,1,3-5H3/b15-10+,16-11+/t21-,23+,24+,25-,27+,29-,30+,31-,32-,33+,34-,35+,36+,37?/m1/s1. The highest BCUT2D eigenvalue weighted by atomic mass is 16.9. The number of rotatable bonds is 9. The van der Waals surface area contributed by atoms with Gasteiger partial charge in [-0.15, -0.1) is 0 Å². The Morgan fingerprint density at radius 1 is 1.12 bits per heavy atom. The van der Waals surface area contributed by atoms with Crippen LogP contribution in [-0.4, -0.2) is 92.7 Å². The molecular weight excluding hydrogens is 620 g/mol. The third kappa shape index (κ3) is 3.87. The van der Waals surface area contributed by atoms with Crippen molar-refractivity contribution in [2.75, 3.05) is 6.61 Å². The number of Topliss-reactive ketones (excluding diaryl/α,β-unsaturated/α-hetero) is 1. The normalized spacial score (nSPS) is 49.4. The Kier molecular flexibility index (Phi) is 7.05. The van der Waals surface area contributed by atoms with Crippen molar-refractivity contribution in [2.24, 2.45) is 17.8 Å². The van der Waals surface area contributed by atoms with Crippen molar-refractivity contribution in [1.29, 1.82) is 0 Å². The Hall–Kier alpha value is -3.00. The molecule has 0 aromatic heterocycles. The van der Waals surface area contributed by atoms with Gasteiger partial charge in [-0.25, -0.2) is 4.79 Å². The molecular formula is C37H42O11. The summed E-state index contributed by atoms with van der Waals surface area (Å²) in [5, 5.41) is 34.9. The number of hydrogen-bond acceptors (Lipinski definition) is 11. The van der Waals surface area contributed by atoms with E-state index in [-0.39, 0.29) is 17.8 Å². The summed E-state index contributed by atoms with van der Waals surface area (Å²) in [7, 11) is 0. The van der Waals surface area contributed by atoms with Crippen LogP contribution in [0, 0.1) is 17.8 Å². The quantitative estimate of drug-likeness (QED) is 0.117. The minimum atomic E-state index is -2.43. The van der Waals surface area contributed by atoms with Gasteiger partial charge < -0.3 is 43.7 Å². The number of epoxide rings is 2. The minimum absolute atomic E-state index is 0.0280. The Morgan fingerprint density at radius 3 is 2.56 bits per heavy atom. The molecule has 8 rings (SSSR count). The molecule has 11 heteroatoms. The molecule has 0 amide bonds. The average Bonchev–Trinajstić information content (AvgIpc) is 3.97. The average molecular weight is 663 g/mol. The van der Waals surface area contributed by atoms with Gasteiger partial charge in [-0.05, 0) is 31.4 Å². The molecule has 1 unspecified atom stereocenters. The topological polar surface area (TPSA) is 157 Å². The van der Waals surface area contributed by atoms with Crippen LogP contribution in [0.15, 0.2) is 78.4 Å². The van der Waals surface area contributed by atoms with Crippen molar-refractivity contribution in [3.63, 3.8) is 0 Å². The van der Waals surface area contributed by atoms with Gasteiger partial charge in [-0.2, -0.15) is 0 Å². The summed E-state index contributed by atoms with van der Waals surface area (Å²) in [6.07, 6.45) is 5.67. The van der Waals surface area contributed by atoms with Crippen LogP contribution in [0.5, 0.6) is 0 Å². The van der Waals surface area contributed by atoms with Crippen LogP contribution in [0.3, 0.4) is 0 Å². The molecule has 256 valence electrons. The smallest absolute Gasteiger partial charge is 0.331 e. The summed E-state index contributed by atoms with van der Waals surface area (Å²) in [5.74, 6) is -5.95. The van der Waals surface area contributed by atoms with Gasteiger partial charge in [0.15, 0.2) is 17.0 Å². The molecule has 0 spiro atoms. The SMILES string of the molecule is C=C(C)[C@@]12OC3(c4ccccc4)O[C@@H]1[C@@H]1[C@@H]4O[C@]4(CO)[C@@H](O)[C@]4(O)C(=O)C(C)=C[C@H]4[C@@]1(O3)[C@H](C)[C@H]2OC(=O)/C=C/C=C/[C@@H]1O[C@H]1CCC. The van der Waals surface area contributed by atoms with Crippen LogP contribution in [0.1, 0.15) is 46.1 Å². The summed E-state index contributed by atoms with van der Waals surface area (Å²) in [6.45, 7) is 10.9. The molecule has 3 N–H and O–H groups in total. The van der Waals surface area contributed by atoms with E-state index in [9.17, 15) is 24.9 Å². The first-order valence-corrected chi connectivity index (χ1v) is 16.8. The van der Waals surface area contributed by atoms with Crippen molar-refractivity contribution in [1.82, 2.24) is 0 Å². The maximum Gasteiger partial charge on any atom is 0.331 e. The number of ether oxygens (including phenoxy) is 6. The van der Waals surface area contributed by atoms with Crippen LogP contribution >= 0.6 is 0 Å². The Morgan fingerprint density at radius 2 is 1.88 bits per heavy atom. The van der Waals surface area contributed by atoms with E-state index in [1.165, 1.54) is 6.08 Å². The molecule has 0 radical (unpaired) electrons. The predicted octanol–water partition coefficient (Wildman–Crippen LogP) is 2.53. The van der Waals surface area contributed by atoms with Crippen molar-refractivity contribution < 1.29 is 53.3 Å². The van der Waals surface area contributed by atoms with Gasteiger partial charge in [0.25, 0.3) is 0 Å². The molecule has 3 aliphatic carbocycles. The van der Waals surface area contributed by atoms with Gasteiger partial charge in [-0.1, -0.05) is 81.5 Å². The van der Waals surface area contributed by atoms with Gasteiger partial charge in [0.2, 0.25) is 0 Å². The Bertz CT molecular complexity index is 1650. The fourth-order valence-electron chi connectivity index (χ4n) is 9.62. The Labute approximate surface area is 278 Å². The zero-order valence-corrected chi connectivity index (χ0v) is 27.4. The fraction of sp³-hybridized carbons (Fsp3) is 0.568. The number of aliphatic hydroxyl groups is 3. The van der Waals surface area contributed by atoms with Crippen LogP contribution in [0.4, 0.5) is 0 Å². The summed E-state index contributed by atoms with van der Waals surface area (Å²) < 4.78 is 39.0. The van der Waals surface area contributed by atoms with E-state index < -0.39 is 88.9 Å². The number of ketones is 1.